The van der Waals surface area contributed by atoms with Crippen LogP contribution < -0.4 is 14.8 Å². The number of nitrogens with one attached hydrogen (secondary N) is 1. The van der Waals surface area contributed by atoms with Crippen LogP contribution in [-0.4, -0.2) is 50.6 Å². The number of hydrogen-bond acceptors (Lipinski definition) is 6. The third kappa shape index (κ3) is 6.80. The Morgan fingerprint density at radius 1 is 0.900 bits per heavy atom. The molecule has 2 rings (SSSR count). The van der Waals surface area contributed by atoms with Crippen LogP contribution in [0.3, 0.4) is 0 Å². The van der Waals surface area contributed by atoms with Crippen LogP contribution in [0.5, 0.6) is 11.5 Å². The highest BCUT2D eigenvalue weighted by Gasteiger charge is 2.19. The van der Waals surface area contributed by atoms with Gasteiger partial charge in [-0.15, -0.1) is 0 Å². The molecule has 0 heterocycles. The molecule has 8 heteroatoms. The van der Waals surface area contributed by atoms with E-state index in [0.717, 1.165) is 11.1 Å². The normalized spacial score (nSPS) is 10.1. The monoisotopic (exact) mass is 414 g/mol. The Balaban J connectivity index is 2.18. The molecule has 0 atom stereocenters. The standard InChI is InChI=1S/C22H26N2O6/c1-15(25)23-18-7-5-16(6-8-18)11-21(26)24(14-22(27)30-4)13-17-9-19(28-2)12-20(10-17)29-3/h5-10,12H,11,13-14H2,1-4H3,(H,23,25). The average Bonchev–Trinajstić information content (AvgIpc) is 2.73. The molecule has 0 aromatic heterocycles. The minimum Gasteiger partial charge on any atom is -0.497 e. The molecule has 0 fully saturated rings. The van der Waals surface area contributed by atoms with Gasteiger partial charge in [-0.1, -0.05) is 12.1 Å². The van der Waals surface area contributed by atoms with Crippen LogP contribution in [0.25, 0.3) is 0 Å². The second-order valence-corrected chi connectivity index (χ2v) is 6.60. The van der Waals surface area contributed by atoms with Crippen LogP contribution in [-0.2, 0) is 32.1 Å². The summed E-state index contributed by atoms with van der Waals surface area (Å²) in [4.78, 5) is 37.3. The minimum absolute atomic E-state index is 0.0957. The van der Waals surface area contributed by atoms with Crippen molar-refractivity contribution in [3.8, 4) is 11.5 Å². The van der Waals surface area contributed by atoms with Gasteiger partial charge in [0, 0.05) is 25.2 Å². The van der Waals surface area contributed by atoms with E-state index in [4.69, 9.17) is 14.2 Å². The van der Waals surface area contributed by atoms with Crippen molar-refractivity contribution in [2.45, 2.75) is 19.9 Å². The number of esters is 1. The van der Waals surface area contributed by atoms with Crippen molar-refractivity contribution in [1.29, 1.82) is 0 Å². The number of methoxy groups -OCH3 is 3. The van der Waals surface area contributed by atoms with Crippen LogP contribution in [0, 0.1) is 0 Å². The van der Waals surface area contributed by atoms with Crippen LogP contribution in [0.1, 0.15) is 18.1 Å². The molecule has 0 spiro atoms. The summed E-state index contributed by atoms with van der Waals surface area (Å²) >= 11 is 0. The van der Waals surface area contributed by atoms with Crippen LogP contribution in [0.15, 0.2) is 42.5 Å². The first kappa shape index (κ1) is 22.7. The predicted molar refractivity (Wildman–Crippen MR) is 111 cm³/mol. The molecule has 8 nitrogen and oxygen atoms in total. The number of rotatable bonds is 9. The van der Waals surface area contributed by atoms with E-state index in [1.54, 1.807) is 56.7 Å². The van der Waals surface area contributed by atoms with Gasteiger partial charge >= 0.3 is 5.97 Å². The zero-order chi connectivity index (χ0) is 22.1. The molecule has 2 aromatic carbocycles. The van der Waals surface area contributed by atoms with E-state index in [0.29, 0.717) is 17.2 Å². The van der Waals surface area contributed by atoms with Gasteiger partial charge in [-0.3, -0.25) is 14.4 Å². The lowest BCUT2D eigenvalue weighted by Crippen LogP contribution is -2.36. The fraction of sp³-hybridized carbons (Fsp3) is 0.318. The second kappa shape index (κ2) is 10.8. The van der Waals surface area contributed by atoms with E-state index in [9.17, 15) is 14.4 Å². The predicted octanol–water partition coefficient (Wildman–Crippen LogP) is 2.41. The number of amides is 2. The molecule has 0 saturated carbocycles. The van der Waals surface area contributed by atoms with Crippen molar-refractivity contribution in [2.75, 3.05) is 33.2 Å². The van der Waals surface area contributed by atoms with E-state index < -0.39 is 5.97 Å². The smallest absolute Gasteiger partial charge is 0.325 e. The molecular weight excluding hydrogens is 388 g/mol. The number of nitrogens with zero attached hydrogens (tertiary/aromatic N) is 1. The Bertz CT molecular complexity index is 873. The number of benzene rings is 2. The quantitative estimate of drug-likeness (QED) is 0.634. The van der Waals surface area contributed by atoms with E-state index in [2.05, 4.69) is 5.32 Å². The van der Waals surface area contributed by atoms with Gasteiger partial charge in [0.15, 0.2) is 0 Å². The molecule has 0 radical (unpaired) electrons. The highest BCUT2D eigenvalue weighted by Crippen LogP contribution is 2.23. The van der Waals surface area contributed by atoms with Crippen LogP contribution in [0.2, 0.25) is 0 Å². The lowest BCUT2D eigenvalue weighted by molar-refractivity contribution is -0.147. The van der Waals surface area contributed by atoms with Gasteiger partial charge in [0.05, 0.1) is 27.8 Å². The summed E-state index contributed by atoms with van der Waals surface area (Å²) < 4.78 is 15.3. The van der Waals surface area contributed by atoms with Gasteiger partial charge in [0.1, 0.15) is 18.0 Å². The fourth-order valence-electron chi connectivity index (χ4n) is 2.83. The van der Waals surface area contributed by atoms with E-state index >= 15 is 0 Å². The summed E-state index contributed by atoms with van der Waals surface area (Å²) in [6.07, 6.45) is 0.0957. The fourth-order valence-corrected chi connectivity index (χ4v) is 2.83. The maximum Gasteiger partial charge on any atom is 0.325 e. The first-order valence-corrected chi connectivity index (χ1v) is 9.27. The van der Waals surface area contributed by atoms with Crippen molar-refractivity contribution < 1.29 is 28.6 Å². The van der Waals surface area contributed by atoms with Crippen molar-refractivity contribution in [1.82, 2.24) is 4.90 Å². The van der Waals surface area contributed by atoms with Gasteiger partial charge in [-0.2, -0.15) is 0 Å². The number of carbonyl (C=O) groups excluding carboxylic acids is 3. The Morgan fingerprint density at radius 2 is 1.50 bits per heavy atom. The van der Waals surface area contributed by atoms with Crippen molar-refractivity contribution in [3.63, 3.8) is 0 Å². The second-order valence-electron chi connectivity index (χ2n) is 6.60. The number of carbonyl (C=O) groups is 3. The molecule has 0 saturated heterocycles. The van der Waals surface area contributed by atoms with Crippen molar-refractivity contribution >= 4 is 23.5 Å². The number of ether oxygens (including phenoxy) is 3. The lowest BCUT2D eigenvalue weighted by Gasteiger charge is -2.22. The molecular formula is C22H26N2O6. The molecule has 1 N–H and O–H groups in total. The molecule has 30 heavy (non-hydrogen) atoms. The van der Waals surface area contributed by atoms with Crippen molar-refractivity contribution in [2.24, 2.45) is 0 Å². The average molecular weight is 414 g/mol. The van der Waals surface area contributed by atoms with Crippen LogP contribution in [0.4, 0.5) is 5.69 Å². The molecule has 0 aliphatic rings. The van der Waals surface area contributed by atoms with E-state index in [1.165, 1.54) is 18.9 Å². The van der Waals surface area contributed by atoms with Gasteiger partial charge in [-0.25, -0.2) is 0 Å². The Morgan fingerprint density at radius 3 is 2.00 bits per heavy atom. The molecule has 0 unspecified atom stereocenters. The third-order valence-corrected chi connectivity index (χ3v) is 4.31. The Hall–Kier alpha value is -3.55. The summed E-state index contributed by atoms with van der Waals surface area (Å²) in [6.45, 7) is 1.43. The molecule has 160 valence electrons. The zero-order valence-corrected chi connectivity index (χ0v) is 17.6. The first-order chi connectivity index (χ1) is 14.3. The molecule has 0 aliphatic heterocycles. The Kier molecular flexibility index (Phi) is 8.22. The number of anilines is 1. The molecule has 2 aromatic rings. The summed E-state index contributed by atoms with van der Waals surface area (Å²) in [5.74, 6) is 0.247. The topological polar surface area (TPSA) is 94.2 Å². The lowest BCUT2D eigenvalue weighted by atomic mass is 10.1. The summed E-state index contributed by atoms with van der Waals surface area (Å²) in [6, 6.07) is 12.3. The minimum atomic E-state index is -0.515. The van der Waals surface area contributed by atoms with Crippen molar-refractivity contribution in [3.05, 3.63) is 53.6 Å². The zero-order valence-electron chi connectivity index (χ0n) is 17.6. The molecule has 0 bridgehead atoms. The van der Waals surface area contributed by atoms with Gasteiger partial charge < -0.3 is 24.4 Å². The third-order valence-electron chi connectivity index (χ3n) is 4.31. The molecule has 2 amide bonds. The number of hydrogen-bond donors (Lipinski definition) is 1. The summed E-state index contributed by atoms with van der Waals surface area (Å²) in [5, 5.41) is 2.68. The largest absolute Gasteiger partial charge is 0.497 e. The van der Waals surface area contributed by atoms with Gasteiger partial charge in [0.2, 0.25) is 11.8 Å². The summed E-state index contributed by atoms with van der Waals surface area (Å²) in [7, 11) is 4.36. The van der Waals surface area contributed by atoms with Gasteiger partial charge in [-0.05, 0) is 35.4 Å². The summed E-state index contributed by atoms with van der Waals surface area (Å²) in [5.41, 5.74) is 2.16. The van der Waals surface area contributed by atoms with E-state index in [1.807, 2.05) is 0 Å². The van der Waals surface area contributed by atoms with Gasteiger partial charge in [0.25, 0.3) is 0 Å². The molecule has 0 aliphatic carbocycles. The first-order valence-electron chi connectivity index (χ1n) is 9.27. The highest BCUT2D eigenvalue weighted by atomic mass is 16.5. The highest BCUT2D eigenvalue weighted by molar-refractivity contribution is 5.88. The maximum absolute atomic E-state index is 12.9. The maximum atomic E-state index is 12.9. The Labute approximate surface area is 175 Å². The van der Waals surface area contributed by atoms with E-state index in [-0.39, 0.29) is 31.3 Å². The van der Waals surface area contributed by atoms with Crippen LogP contribution >= 0.6 is 0 Å². The SMILES string of the molecule is COC(=O)CN(Cc1cc(OC)cc(OC)c1)C(=O)Cc1ccc(NC(C)=O)cc1.